The van der Waals surface area contributed by atoms with E-state index in [1.807, 2.05) is 109 Å². The first-order valence-electron chi connectivity index (χ1n) is 26.7. The molecule has 0 unspecified atom stereocenters. The lowest BCUT2D eigenvalue weighted by atomic mass is 9.98. The first kappa shape index (κ1) is 57.1. The van der Waals surface area contributed by atoms with Crippen molar-refractivity contribution in [2.24, 2.45) is 0 Å². The summed E-state index contributed by atoms with van der Waals surface area (Å²) in [7, 11) is 8.33. The number of alkyl halides is 3. The Bertz CT molecular complexity index is 3410. The van der Waals surface area contributed by atoms with Crippen molar-refractivity contribution in [3.05, 3.63) is 171 Å². The van der Waals surface area contributed by atoms with E-state index in [-0.39, 0.29) is 78.8 Å². The highest BCUT2D eigenvalue weighted by molar-refractivity contribution is 6.36. The predicted molar refractivity (Wildman–Crippen MR) is 307 cm³/mol. The van der Waals surface area contributed by atoms with Gasteiger partial charge in [-0.3, -0.25) is 0 Å². The smallest absolute Gasteiger partial charge is 0.418 e. The summed E-state index contributed by atoms with van der Waals surface area (Å²) in [4.78, 5) is 27.5. The average Bonchev–Trinajstić information content (AvgIpc) is 1.52. The summed E-state index contributed by atoms with van der Waals surface area (Å²) in [5, 5.41) is -0.396. The van der Waals surface area contributed by atoms with Crippen molar-refractivity contribution < 1.29 is 50.7 Å². The fraction of sp³-hybridized carbons (Fsp3) is 0.323. The molecule has 8 aromatic rings. The van der Waals surface area contributed by atoms with Gasteiger partial charge in [-0.25, -0.2) is 14.4 Å². The van der Waals surface area contributed by atoms with Crippen LogP contribution in [0.15, 0.2) is 121 Å². The van der Waals surface area contributed by atoms with Crippen LogP contribution in [0.1, 0.15) is 51.9 Å². The number of ether oxygens (including phenoxy) is 7. The number of morpholine rings is 1. The van der Waals surface area contributed by atoms with Gasteiger partial charge in [-0.1, -0.05) is 66.2 Å². The molecule has 428 valence electrons. The molecule has 0 aliphatic carbocycles. The zero-order valence-electron chi connectivity index (χ0n) is 46.6. The molecule has 15 nitrogen and oxygen atoms in total. The van der Waals surface area contributed by atoms with Crippen LogP contribution in [0.5, 0.6) is 34.8 Å². The number of pyridine rings is 2. The van der Waals surface area contributed by atoms with E-state index >= 15 is 17.6 Å². The van der Waals surface area contributed by atoms with Gasteiger partial charge in [0, 0.05) is 51.0 Å². The van der Waals surface area contributed by atoms with Gasteiger partial charge in [0.2, 0.25) is 0 Å². The normalized spacial score (nSPS) is 14.9. The number of hydrogen-bond acceptors (Lipinski definition) is 15. The molecule has 0 amide bonds. The maximum absolute atomic E-state index is 18.5. The first-order chi connectivity index (χ1) is 39.6. The fourth-order valence-electron chi connectivity index (χ4n) is 10.5. The number of aromatic nitrogens is 4. The van der Waals surface area contributed by atoms with E-state index in [9.17, 15) is 0 Å². The van der Waals surface area contributed by atoms with Crippen LogP contribution in [0, 0.1) is 12.7 Å². The van der Waals surface area contributed by atoms with Gasteiger partial charge in [-0.2, -0.15) is 23.1 Å². The van der Waals surface area contributed by atoms with Gasteiger partial charge in [0.25, 0.3) is 0 Å². The SMILES string of the molecule is COc1ccc(CN(Cc2ccc(OC)cc2)c2cc(C)c(C(F)(F)F)c(-c3c(Cl)c4c5c(nc(OC[C@H]6CN(C)CCO6)nc5c3F)N([C@H](C)c3cccnc3N(Cc3ccc(OC)cc3)Cc3ccc(OC)cc3)CCO4)n2)cc1. The van der Waals surface area contributed by atoms with E-state index in [0.717, 1.165) is 45.9 Å². The number of rotatable bonds is 20. The Kier molecular flexibility index (Phi) is 17.4. The summed E-state index contributed by atoms with van der Waals surface area (Å²) in [6.45, 7) is 6.42. The molecule has 82 heavy (non-hydrogen) atoms. The van der Waals surface area contributed by atoms with E-state index in [0.29, 0.717) is 43.6 Å². The third-order valence-electron chi connectivity index (χ3n) is 14.7. The fourth-order valence-corrected chi connectivity index (χ4v) is 10.8. The number of benzene rings is 5. The molecule has 0 bridgehead atoms. The van der Waals surface area contributed by atoms with Crippen molar-refractivity contribution in [2.45, 2.75) is 58.3 Å². The minimum atomic E-state index is -5.03. The van der Waals surface area contributed by atoms with Crippen molar-refractivity contribution in [1.82, 2.24) is 24.8 Å². The highest BCUT2D eigenvalue weighted by atomic mass is 35.5. The second kappa shape index (κ2) is 24.9. The van der Waals surface area contributed by atoms with Crippen molar-refractivity contribution in [3.63, 3.8) is 0 Å². The maximum atomic E-state index is 18.5. The Morgan fingerprint density at radius 3 is 1.77 bits per heavy atom. The van der Waals surface area contributed by atoms with Crippen molar-refractivity contribution in [3.8, 4) is 46.0 Å². The van der Waals surface area contributed by atoms with Crippen molar-refractivity contribution in [2.75, 3.05) is 89.6 Å². The summed E-state index contributed by atoms with van der Waals surface area (Å²) < 4.78 is 106. The second-order valence-corrected chi connectivity index (χ2v) is 20.6. The summed E-state index contributed by atoms with van der Waals surface area (Å²) in [6, 6.07) is 34.7. The number of aryl methyl sites for hydroxylation is 1. The van der Waals surface area contributed by atoms with Gasteiger partial charge >= 0.3 is 12.2 Å². The van der Waals surface area contributed by atoms with Crippen LogP contribution in [-0.4, -0.2) is 106 Å². The molecule has 0 N–H and O–H groups in total. The first-order valence-corrected chi connectivity index (χ1v) is 27.1. The number of nitrogens with zero attached hydrogens (tertiary/aromatic N) is 8. The molecule has 0 spiro atoms. The van der Waals surface area contributed by atoms with Crippen molar-refractivity contribution in [1.29, 1.82) is 0 Å². The van der Waals surface area contributed by atoms with Crippen LogP contribution >= 0.6 is 11.6 Å². The lowest BCUT2D eigenvalue weighted by Gasteiger charge is -2.34. The largest absolute Gasteiger partial charge is 0.497 e. The van der Waals surface area contributed by atoms with E-state index < -0.39 is 39.9 Å². The van der Waals surface area contributed by atoms with Crippen molar-refractivity contribution >= 4 is 40.0 Å². The van der Waals surface area contributed by atoms with Gasteiger partial charge in [-0.15, -0.1) is 0 Å². The second-order valence-electron chi connectivity index (χ2n) is 20.2. The number of halogens is 5. The molecule has 1 saturated heterocycles. The summed E-state index contributed by atoms with van der Waals surface area (Å²) >= 11 is 7.38. The summed E-state index contributed by atoms with van der Waals surface area (Å²) in [5.41, 5.74) is 1.22. The van der Waals surface area contributed by atoms with E-state index in [1.165, 1.54) is 13.0 Å². The Morgan fingerprint density at radius 1 is 0.720 bits per heavy atom. The van der Waals surface area contributed by atoms with Crippen LogP contribution < -0.4 is 43.1 Å². The molecule has 10 rings (SSSR count). The van der Waals surface area contributed by atoms with Gasteiger partial charge in [0.15, 0.2) is 11.6 Å². The molecular weight excluding hydrogens is 1080 g/mol. The monoisotopic (exact) mass is 1140 g/mol. The van der Waals surface area contributed by atoms with Crippen LogP contribution in [0.2, 0.25) is 5.02 Å². The minimum absolute atomic E-state index is 0.00601. The molecule has 2 aliphatic heterocycles. The molecule has 0 saturated carbocycles. The third kappa shape index (κ3) is 12.5. The molecule has 3 aromatic heterocycles. The van der Waals surface area contributed by atoms with E-state index in [2.05, 4.69) is 14.8 Å². The summed E-state index contributed by atoms with van der Waals surface area (Å²) in [5.74, 6) is 2.36. The Hall–Kier alpha value is -8.13. The number of methoxy groups -OCH3 is 4. The van der Waals surface area contributed by atoms with Gasteiger partial charge in [-0.05, 0) is 109 Å². The number of hydrogen-bond donors (Lipinski definition) is 0. The van der Waals surface area contributed by atoms with Crippen LogP contribution in [0.25, 0.3) is 22.2 Å². The zero-order chi connectivity index (χ0) is 57.7. The quantitative estimate of drug-likeness (QED) is 0.0671. The molecular formula is C62H63ClF4N8O7. The number of likely N-dealkylation sites (N-methyl/N-ethyl adjacent to an activating group) is 1. The molecule has 5 heterocycles. The zero-order valence-corrected chi connectivity index (χ0v) is 47.4. The molecule has 1 fully saturated rings. The average molecular weight is 1140 g/mol. The van der Waals surface area contributed by atoms with Crippen LogP contribution in [0.3, 0.4) is 0 Å². The Morgan fingerprint density at radius 2 is 1.26 bits per heavy atom. The minimum Gasteiger partial charge on any atom is -0.497 e. The van der Waals surface area contributed by atoms with E-state index in [4.69, 9.17) is 59.7 Å². The van der Waals surface area contributed by atoms with Crippen LogP contribution in [0.4, 0.5) is 35.0 Å². The molecule has 20 heteroatoms. The summed E-state index contributed by atoms with van der Waals surface area (Å²) in [6.07, 6.45) is -3.68. The number of anilines is 3. The topological polar surface area (TPSA) is 129 Å². The van der Waals surface area contributed by atoms with E-state index in [1.54, 1.807) is 58.9 Å². The predicted octanol–water partition coefficient (Wildman–Crippen LogP) is 12.3. The Labute approximate surface area is 478 Å². The lowest BCUT2D eigenvalue weighted by molar-refractivity contribution is -0.137. The molecule has 2 atom stereocenters. The third-order valence-corrected chi connectivity index (χ3v) is 15.1. The van der Waals surface area contributed by atoms with Gasteiger partial charge in [0.05, 0.1) is 74.9 Å². The Balaban J connectivity index is 1.13. The standard InChI is InChI=1S/C62H63ClF4N8O7/c1-38-31-50(73(32-40-10-18-44(76-4)19-11-40)33-41-12-20-45(77-5)21-13-41)69-56(53(38)62(65,66)67)51-54(63)58-52-57(55(51)64)70-61(82-37-48-36-72(3)27-29-80-48)71-60(52)75(28-30-81-58)39(2)49-9-8-26-68-59(49)74(34-42-14-22-46(78-6)23-15-42)35-43-16-24-47(79-7)25-17-43/h8-26,31,39,48H,27-30,32-37H2,1-7H3/t39-,48-/m1/s1. The van der Waals surface area contributed by atoms with Gasteiger partial charge < -0.3 is 52.8 Å². The highest BCUT2D eigenvalue weighted by Crippen LogP contribution is 2.51. The highest BCUT2D eigenvalue weighted by Gasteiger charge is 2.41. The maximum Gasteiger partial charge on any atom is 0.418 e. The molecule has 2 aliphatic rings. The van der Waals surface area contributed by atoms with Crippen LogP contribution in [-0.2, 0) is 37.1 Å². The molecule has 5 aromatic carbocycles. The molecule has 0 radical (unpaired) electrons. The van der Waals surface area contributed by atoms with Gasteiger partial charge in [0.1, 0.15) is 65.3 Å². The lowest BCUT2D eigenvalue weighted by Crippen LogP contribution is -2.42.